The Bertz CT molecular complexity index is 881. The molecule has 0 spiro atoms. The molecule has 2 fully saturated rings. The summed E-state index contributed by atoms with van der Waals surface area (Å²) in [5.74, 6) is 1.41. The van der Waals surface area contributed by atoms with Crippen molar-refractivity contribution in [1.29, 1.82) is 0 Å². The number of carbonyl (C=O) groups is 1. The summed E-state index contributed by atoms with van der Waals surface area (Å²) >= 11 is 0. The van der Waals surface area contributed by atoms with E-state index in [-0.39, 0.29) is 18.5 Å². The number of nitrogens with zero attached hydrogens (tertiary/aromatic N) is 5. The molecule has 1 saturated carbocycles. The third kappa shape index (κ3) is 3.42. The van der Waals surface area contributed by atoms with Crippen molar-refractivity contribution >= 4 is 5.91 Å². The Morgan fingerprint density at radius 1 is 1.21 bits per heavy atom. The summed E-state index contributed by atoms with van der Waals surface area (Å²) in [6.07, 6.45) is 1.76. The molecule has 28 heavy (non-hydrogen) atoms. The van der Waals surface area contributed by atoms with Gasteiger partial charge in [0.2, 0.25) is 5.91 Å². The second-order valence-corrected chi connectivity index (χ2v) is 7.86. The van der Waals surface area contributed by atoms with Gasteiger partial charge in [-0.05, 0) is 39.2 Å². The van der Waals surface area contributed by atoms with Crippen molar-refractivity contribution < 1.29 is 18.0 Å². The van der Waals surface area contributed by atoms with Gasteiger partial charge in [-0.15, -0.1) is 0 Å². The number of likely N-dealkylation sites (tertiary alicyclic amines) is 1. The maximum Gasteiger partial charge on any atom is 0.435 e. The lowest BCUT2D eigenvalue weighted by molar-refractivity contribution is -0.142. The van der Waals surface area contributed by atoms with Crippen LogP contribution in [0.1, 0.15) is 60.5 Å². The van der Waals surface area contributed by atoms with Crippen molar-refractivity contribution in [3.63, 3.8) is 0 Å². The van der Waals surface area contributed by atoms with Crippen molar-refractivity contribution in [3.8, 4) is 0 Å². The fraction of sp³-hybridized carbons (Fsp3) is 0.632. The largest absolute Gasteiger partial charge is 0.435 e. The summed E-state index contributed by atoms with van der Waals surface area (Å²) in [6, 6.07) is 1.14. The molecule has 2 aromatic rings. The molecule has 1 aliphatic heterocycles. The minimum absolute atomic E-state index is 0.173. The fourth-order valence-electron chi connectivity index (χ4n) is 4.12. The van der Waals surface area contributed by atoms with Crippen LogP contribution >= 0.6 is 0 Å². The van der Waals surface area contributed by atoms with Gasteiger partial charge in [0.15, 0.2) is 5.69 Å². The van der Waals surface area contributed by atoms with Gasteiger partial charge in [-0.2, -0.15) is 18.3 Å². The highest BCUT2D eigenvalue weighted by atomic mass is 19.4. The van der Waals surface area contributed by atoms with E-state index in [9.17, 15) is 18.0 Å². The summed E-state index contributed by atoms with van der Waals surface area (Å²) in [6.45, 7) is 4.54. The van der Waals surface area contributed by atoms with Crippen LogP contribution in [-0.4, -0.2) is 43.2 Å². The van der Waals surface area contributed by atoms with Crippen molar-refractivity contribution in [1.82, 2.24) is 24.2 Å². The van der Waals surface area contributed by atoms with Crippen LogP contribution in [0.5, 0.6) is 0 Å². The van der Waals surface area contributed by atoms with E-state index in [0.29, 0.717) is 24.7 Å². The first-order chi connectivity index (χ1) is 13.2. The van der Waals surface area contributed by atoms with Gasteiger partial charge in [0.1, 0.15) is 12.4 Å². The number of hydrogen-bond acceptors (Lipinski definition) is 3. The van der Waals surface area contributed by atoms with Crippen LogP contribution in [0.15, 0.2) is 12.3 Å². The molecule has 1 unspecified atom stereocenters. The van der Waals surface area contributed by atoms with Gasteiger partial charge in [0.05, 0.1) is 6.04 Å². The van der Waals surface area contributed by atoms with E-state index < -0.39 is 11.9 Å². The molecule has 3 heterocycles. The van der Waals surface area contributed by atoms with Crippen molar-refractivity contribution in [2.45, 2.75) is 64.2 Å². The van der Waals surface area contributed by atoms with Gasteiger partial charge in [-0.1, -0.05) is 6.42 Å². The number of alkyl halides is 3. The molecule has 152 valence electrons. The van der Waals surface area contributed by atoms with Crippen LogP contribution in [0.3, 0.4) is 0 Å². The number of amides is 1. The molecule has 1 saturated heterocycles. The number of carbonyl (C=O) groups excluding carboxylic acids is 1. The second-order valence-electron chi connectivity index (χ2n) is 7.86. The first-order valence-corrected chi connectivity index (χ1v) is 9.67. The summed E-state index contributed by atoms with van der Waals surface area (Å²) < 4.78 is 41.9. The van der Waals surface area contributed by atoms with Gasteiger partial charge in [-0.25, -0.2) is 4.98 Å². The molecule has 0 N–H and O–H groups in total. The third-order valence-corrected chi connectivity index (χ3v) is 5.92. The Kier molecular flexibility index (Phi) is 4.71. The first-order valence-electron chi connectivity index (χ1n) is 9.67. The third-order valence-electron chi connectivity index (χ3n) is 5.92. The molecule has 1 aliphatic carbocycles. The first kappa shape index (κ1) is 19.0. The van der Waals surface area contributed by atoms with Crippen LogP contribution in [0.25, 0.3) is 0 Å². The Morgan fingerprint density at radius 2 is 1.96 bits per heavy atom. The zero-order valence-electron chi connectivity index (χ0n) is 16.0. The van der Waals surface area contributed by atoms with E-state index >= 15 is 0 Å². The van der Waals surface area contributed by atoms with Gasteiger partial charge < -0.3 is 9.47 Å². The van der Waals surface area contributed by atoms with Crippen molar-refractivity contribution in [2.75, 3.05) is 13.1 Å². The quantitative estimate of drug-likeness (QED) is 0.797. The Morgan fingerprint density at radius 3 is 2.57 bits per heavy atom. The highest BCUT2D eigenvalue weighted by Gasteiger charge is 2.36. The molecular formula is C19H24F3N5O. The minimum Gasteiger partial charge on any atom is -0.339 e. The number of aromatic nitrogens is 4. The highest BCUT2D eigenvalue weighted by molar-refractivity contribution is 5.76. The molecule has 0 bridgehead atoms. The van der Waals surface area contributed by atoms with Gasteiger partial charge in [0, 0.05) is 36.6 Å². The average molecular weight is 395 g/mol. The molecule has 0 aromatic carbocycles. The van der Waals surface area contributed by atoms with Gasteiger partial charge in [0.25, 0.3) is 0 Å². The molecule has 2 aromatic heterocycles. The Balaban J connectivity index is 1.44. The molecule has 4 rings (SSSR count). The number of aryl methyl sites for hydroxylation is 2. The maximum atomic E-state index is 12.8. The van der Waals surface area contributed by atoms with E-state index in [2.05, 4.69) is 14.6 Å². The van der Waals surface area contributed by atoms with E-state index in [4.69, 9.17) is 0 Å². The Hall–Kier alpha value is -2.32. The molecule has 0 radical (unpaired) electrons. The standard InChI is InChI=1S/C19H24F3N5O/c1-12-8-16(19(20,21)22)24-26(12)11-17(28)25-7-6-15(10-25)27-13(2)9-23-18(27)14-4-3-5-14/h8-9,14-15H,3-7,10-11H2,1-2H3. The van der Waals surface area contributed by atoms with Gasteiger partial charge in [-0.3, -0.25) is 9.48 Å². The molecule has 1 atom stereocenters. The summed E-state index contributed by atoms with van der Waals surface area (Å²) in [7, 11) is 0. The monoisotopic (exact) mass is 395 g/mol. The van der Waals surface area contributed by atoms with E-state index in [1.54, 1.807) is 4.90 Å². The smallest absolute Gasteiger partial charge is 0.339 e. The topological polar surface area (TPSA) is 56.0 Å². The van der Waals surface area contributed by atoms with E-state index in [0.717, 1.165) is 41.5 Å². The number of halogens is 3. The van der Waals surface area contributed by atoms with E-state index in [1.807, 2.05) is 13.1 Å². The highest BCUT2D eigenvalue weighted by Crippen LogP contribution is 2.38. The lowest BCUT2D eigenvalue weighted by Crippen LogP contribution is -2.33. The molecule has 2 aliphatic rings. The van der Waals surface area contributed by atoms with Crippen LogP contribution in [-0.2, 0) is 17.5 Å². The molecular weight excluding hydrogens is 371 g/mol. The number of hydrogen-bond donors (Lipinski definition) is 0. The number of rotatable bonds is 4. The van der Waals surface area contributed by atoms with E-state index in [1.165, 1.54) is 13.3 Å². The normalized spacial score (nSPS) is 20.6. The van der Waals surface area contributed by atoms with Gasteiger partial charge >= 0.3 is 6.18 Å². The van der Waals surface area contributed by atoms with Crippen molar-refractivity contribution in [3.05, 3.63) is 35.2 Å². The maximum absolute atomic E-state index is 12.8. The summed E-state index contributed by atoms with van der Waals surface area (Å²) in [5.41, 5.74) is 0.462. The lowest BCUT2D eigenvalue weighted by Gasteiger charge is -2.28. The zero-order valence-corrected chi connectivity index (χ0v) is 16.0. The van der Waals surface area contributed by atoms with Crippen molar-refractivity contribution in [2.24, 2.45) is 0 Å². The average Bonchev–Trinajstić information content (AvgIpc) is 3.26. The number of imidazole rings is 1. The molecule has 6 nitrogen and oxygen atoms in total. The summed E-state index contributed by atoms with van der Waals surface area (Å²) in [5, 5.41) is 3.56. The minimum atomic E-state index is -4.51. The van der Waals surface area contributed by atoms with Crippen LogP contribution < -0.4 is 0 Å². The van der Waals surface area contributed by atoms with Crippen LogP contribution in [0.2, 0.25) is 0 Å². The summed E-state index contributed by atoms with van der Waals surface area (Å²) in [4.78, 5) is 19.0. The predicted octanol–water partition coefficient (Wildman–Crippen LogP) is 3.46. The molecule has 9 heteroatoms. The Labute approximate surface area is 161 Å². The van der Waals surface area contributed by atoms with Crippen LogP contribution in [0, 0.1) is 13.8 Å². The lowest BCUT2D eigenvalue weighted by atomic mass is 9.84. The second kappa shape index (κ2) is 6.93. The zero-order chi connectivity index (χ0) is 20.1. The fourth-order valence-corrected chi connectivity index (χ4v) is 4.12. The van der Waals surface area contributed by atoms with Crippen LogP contribution in [0.4, 0.5) is 13.2 Å². The predicted molar refractivity (Wildman–Crippen MR) is 95.8 cm³/mol. The molecule has 1 amide bonds. The SMILES string of the molecule is Cc1cc(C(F)(F)F)nn1CC(=O)N1CCC(n2c(C)cnc2C2CCC2)C1.